The number of carbonyl (C=O) groups excluding carboxylic acids is 1. The van der Waals surface area contributed by atoms with Crippen LogP contribution in [0.25, 0.3) is 0 Å². The van der Waals surface area contributed by atoms with Crippen LogP contribution in [0.4, 0.5) is 0 Å². The quantitative estimate of drug-likeness (QED) is 0.895. The Labute approximate surface area is 119 Å². The summed E-state index contributed by atoms with van der Waals surface area (Å²) in [7, 11) is 0. The van der Waals surface area contributed by atoms with Crippen LogP contribution >= 0.6 is 0 Å². The van der Waals surface area contributed by atoms with E-state index < -0.39 is 0 Å². The molecule has 2 aromatic rings. The van der Waals surface area contributed by atoms with Crippen LogP contribution in [-0.2, 0) is 0 Å². The van der Waals surface area contributed by atoms with Gasteiger partial charge in [0.1, 0.15) is 5.75 Å². The second-order valence-corrected chi connectivity index (χ2v) is 5.02. The molecule has 0 aliphatic carbocycles. The lowest BCUT2D eigenvalue weighted by atomic mass is 10.0. The minimum Gasteiger partial charge on any atom is -0.508 e. The van der Waals surface area contributed by atoms with Gasteiger partial charge in [-0.1, -0.05) is 37.3 Å². The maximum atomic E-state index is 12.1. The summed E-state index contributed by atoms with van der Waals surface area (Å²) in [5.41, 5.74) is 2.48. The Bertz CT molecular complexity index is 593. The second kappa shape index (κ2) is 6.24. The first kappa shape index (κ1) is 14.1. The van der Waals surface area contributed by atoms with Gasteiger partial charge in [-0.15, -0.1) is 0 Å². The van der Waals surface area contributed by atoms with Gasteiger partial charge in [0.2, 0.25) is 0 Å². The molecule has 0 aliphatic rings. The fraction of sp³-hybridized carbons (Fsp3) is 0.235. The first-order valence-electron chi connectivity index (χ1n) is 6.70. The Morgan fingerprint density at radius 2 is 1.90 bits per heavy atom. The van der Waals surface area contributed by atoms with Gasteiger partial charge in [-0.05, 0) is 42.2 Å². The summed E-state index contributed by atoms with van der Waals surface area (Å²) < 4.78 is 0. The van der Waals surface area contributed by atoms with Gasteiger partial charge < -0.3 is 10.4 Å². The molecule has 3 nitrogen and oxygen atoms in total. The maximum absolute atomic E-state index is 12.1. The molecule has 0 radical (unpaired) electrons. The molecule has 1 unspecified atom stereocenters. The average Bonchev–Trinajstić information content (AvgIpc) is 2.48. The monoisotopic (exact) mass is 269 g/mol. The first-order chi connectivity index (χ1) is 9.58. The predicted octanol–water partition coefficient (Wildman–Crippen LogP) is 3.23. The molecular formula is C17H19NO2. The van der Waals surface area contributed by atoms with E-state index in [0.717, 1.165) is 0 Å². The molecule has 0 spiro atoms. The number of benzene rings is 2. The number of carbonyl (C=O) groups is 1. The Morgan fingerprint density at radius 3 is 2.55 bits per heavy atom. The molecule has 2 rings (SSSR count). The molecule has 0 aliphatic heterocycles. The molecule has 0 aromatic heterocycles. The lowest BCUT2D eigenvalue weighted by Gasteiger charge is -2.13. The SMILES string of the molecule is Cc1cc(C(=O)NCC(C)c2ccccc2)ccc1O. The van der Waals surface area contributed by atoms with Crippen LogP contribution in [-0.4, -0.2) is 17.6 Å². The summed E-state index contributed by atoms with van der Waals surface area (Å²) >= 11 is 0. The number of hydrogen-bond acceptors (Lipinski definition) is 2. The van der Waals surface area contributed by atoms with Crippen LogP contribution < -0.4 is 5.32 Å². The van der Waals surface area contributed by atoms with E-state index in [4.69, 9.17) is 0 Å². The molecule has 2 aromatic carbocycles. The summed E-state index contributed by atoms with van der Waals surface area (Å²) in [5, 5.41) is 12.4. The Hall–Kier alpha value is -2.29. The maximum Gasteiger partial charge on any atom is 0.251 e. The van der Waals surface area contributed by atoms with Crippen molar-refractivity contribution in [2.45, 2.75) is 19.8 Å². The van der Waals surface area contributed by atoms with Gasteiger partial charge in [-0.25, -0.2) is 0 Å². The number of phenols is 1. The third kappa shape index (κ3) is 3.38. The van der Waals surface area contributed by atoms with E-state index in [-0.39, 0.29) is 17.6 Å². The lowest BCUT2D eigenvalue weighted by Crippen LogP contribution is -2.27. The number of aryl methyl sites for hydroxylation is 1. The third-order valence-corrected chi connectivity index (χ3v) is 3.40. The summed E-state index contributed by atoms with van der Waals surface area (Å²) in [4.78, 5) is 12.1. The molecule has 0 saturated carbocycles. The zero-order valence-electron chi connectivity index (χ0n) is 11.8. The van der Waals surface area contributed by atoms with Gasteiger partial charge >= 0.3 is 0 Å². The van der Waals surface area contributed by atoms with Crippen LogP contribution in [0.1, 0.15) is 34.3 Å². The van der Waals surface area contributed by atoms with Crippen molar-refractivity contribution in [1.29, 1.82) is 0 Å². The van der Waals surface area contributed by atoms with Gasteiger partial charge in [0, 0.05) is 12.1 Å². The molecule has 20 heavy (non-hydrogen) atoms. The van der Waals surface area contributed by atoms with E-state index in [9.17, 15) is 9.90 Å². The van der Waals surface area contributed by atoms with Crippen LogP contribution in [0, 0.1) is 6.92 Å². The van der Waals surface area contributed by atoms with Crippen molar-refractivity contribution >= 4 is 5.91 Å². The highest BCUT2D eigenvalue weighted by atomic mass is 16.3. The van der Waals surface area contributed by atoms with Crippen molar-refractivity contribution < 1.29 is 9.90 Å². The minimum absolute atomic E-state index is 0.115. The number of nitrogens with one attached hydrogen (secondary N) is 1. The number of phenolic OH excluding ortho intramolecular Hbond substituents is 1. The molecule has 0 fully saturated rings. The van der Waals surface area contributed by atoms with E-state index in [1.807, 2.05) is 18.2 Å². The summed E-state index contributed by atoms with van der Waals surface area (Å²) in [5.74, 6) is 0.355. The smallest absolute Gasteiger partial charge is 0.251 e. The van der Waals surface area contributed by atoms with Crippen LogP contribution in [0.5, 0.6) is 5.75 Å². The zero-order chi connectivity index (χ0) is 14.5. The molecule has 0 heterocycles. The average molecular weight is 269 g/mol. The molecule has 1 atom stereocenters. The van der Waals surface area contributed by atoms with Crippen LogP contribution in [0.15, 0.2) is 48.5 Å². The molecule has 0 bridgehead atoms. The van der Waals surface area contributed by atoms with Gasteiger partial charge in [-0.3, -0.25) is 4.79 Å². The highest BCUT2D eigenvalue weighted by Gasteiger charge is 2.10. The molecule has 0 saturated heterocycles. The largest absolute Gasteiger partial charge is 0.508 e. The van der Waals surface area contributed by atoms with E-state index in [2.05, 4.69) is 24.4 Å². The van der Waals surface area contributed by atoms with Crippen molar-refractivity contribution in [3.63, 3.8) is 0 Å². The third-order valence-electron chi connectivity index (χ3n) is 3.40. The van der Waals surface area contributed by atoms with Gasteiger partial charge in [0.05, 0.1) is 0 Å². The number of rotatable bonds is 4. The fourth-order valence-corrected chi connectivity index (χ4v) is 2.04. The summed E-state index contributed by atoms with van der Waals surface area (Å²) in [6.07, 6.45) is 0. The van der Waals surface area contributed by atoms with Crippen molar-refractivity contribution in [1.82, 2.24) is 5.32 Å². The van der Waals surface area contributed by atoms with Gasteiger partial charge in [-0.2, -0.15) is 0 Å². The molecule has 3 heteroatoms. The standard InChI is InChI=1S/C17H19NO2/c1-12-10-15(8-9-16(12)19)17(20)18-11-13(2)14-6-4-3-5-7-14/h3-10,13,19H,11H2,1-2H3,(H,18,20). The molecule has 1 amide bonds. The normalized spacial score (nSPS) is 11.9. The molecule has 104 valence electrons. The zero-order valence-corrected chi connectivity index (χ0v) is 11.8. The fourth-order valence-electron chi connectivity index (χ4n) is 2.04. The van der Waals surface area contributed by atoms with Gasteiger partial charge in [0.15, 0.2) is 0 Å². The van der Waals surface area contributed by atoms with E-state index in [1.54, 1.807) is 25.1 Å². The number of aromatic hydroxyl groups is 1. The topological polar surface area (TPSA) is 49.3 Å². The predicted molar refractivity (Wildman–Crippen MR) is 80.0 cm³/mol. The Morgan fingerprint density at radius 1 is 1.20 bits per heavy atom. The summed E-state index contributed by atoms with van der Waals surface area (Å²) in [6.45, 7) is 4.44. The highest BCUT2D eigenvalue weighted by Crippen LogP contribution is 2.17. The van der Waals surface area contributed by atoms with Gasteiger partial charge in [0.25, 0.3) is 5.91 Å². The van der Waals surface area contributed by atoms with Crippen molar-refractivity contribution in [2.75, 3.05) is 6.54 Å². The first-order valence-corrected chi connectivity index (χ1v) is 6.70. The van der Waals surface area contributed by atoms with Crippen LogP contribution in [0.3, 0.4) is 0 Å². The lowest BCUT2D eigenvalue weighted by molar-refractivity contribution is 0.0951. The van der Waals surface area contributed by atoms with Crippen molar-refractivity contribution in [2.24, 2.45) is 0 Å². The van der Waals surface area contributed by atoms with E-state index in [1.165, 1.54) is 5.56 Å². The van der Waals surface area contributed by atoms with E-state index in [0.29, 0.717) is 17.7 Å². The number of hydrogen-bond donors (Lipinski definition) is 2. The van der Waals surface area contributed by atoms with Crippen LogP contribution in [0.2, 0.25) is 0 Å². The Balaban J connectivity index is 1.97. The van der Waals surface area contributed by atoms with E-state index >= 15 is 0 Å². The molecular weight excluding hydrogens is 250 g/mol. The summed E-state index contributed by atoms with van der Waals surface area (Å²) in [6, 6.07) is 15.0. The minimum atomic E-state index is -0.115. The Kier molecular flexibility index (Phi) is 4.41. The highest BCUT2D eigenvalue weighted by molar-refractivity contribution is 5.94. The van der Waals surface area contributed by atoms with Crippen molar-refractivity contribution in [3.05, 3.63) is 65.2 Å². The number of amides is 1. The second-order valence-electron chi connectivity index (χ2n) is 5.02. The molecule has 2 N–H and O–H groups in total. The van der Waals surface area contributed by atoms with Crippen molar-refractivity contribution in [3.8, 4) is 5.75 Å².